The largest absolute Gasteiger partial charge is 0.344 e. The van der Waals surface area contributed by atoms with Crippen LogP contribution in [0.1, 0.15) is 29.2 Å². The standard InChI is InChI=1S/C18H22ClN3O2.ClH/c1-12-15(18(19)24-21-12)7-8-17(23)22-10-14(9-20)16(11-22)13-5-3-2-4-6-13;/h2-6,14,16H,7-11,20H2,1H3;1H/t14-,16+;/m1./s1. The molecule has 2 aromatic rings. The molecule has 1 amide bonds. The second-order valence-corrected chi connectivity index (χ2v) is 6.68. The van der Waals surface area contributed by atoms with Gasteiger partial charge >= 0.3 is 0 Å². The quantitative estimate of drug-likeness (QED) is 0.860. The summed E-state index contributed by atoms with van der Waals surface area (Å²) in [5.41, 5.74) is 8.75. The van der Waals surface area contributed by atoms with Gasteiger partial charge in [0.1, 0.15) is 0 Å². The van der Waals surface area contributed by atoms with Gasteiger partial charge in [0.15, 0.2) is 0 Å². The molecule has 25 heavy (non-hydrogen) atoms. The molecule has 1 fully saturated rings. The first kappa shape index (κ1) is 19.8. The molecule has 0 radical (unpaired) electrons. The van der Waals surface area contributed by atoms with Gasteiger partial charge in [-0.1, -0.05) is 35.5 Å². The summed E-state index contributed by atoms with van der Waals surface area (Å²) in [5, 5.41) is 4.10. The van der Waals surface area contributed by atoms with Crippen LogP contribution in [0.2, 0.25) is 5.22 Å². The minimum atomic E-state index is 0. The van der Waals surface area contributed by atoms with Crippen LogP contribution >= 0.6 is 24.0 Å². The van der Waals surface area contributed by atoms with E-state index in [9.17, 15) is 4.79 Å². The molecular formula is C18H23Cl2N3O2. The van der Waals surface area contributed by atoms with E-state index in [4.69, 9.17) is 21.9 Å². The average molecular weight is 384 g/mol. The third-order valence-electron chi connectivity index (χ3n) is 4.85. The lowest BCUT2D eigenvalue weighted by Gasteiger charge is -2.16. The molecule has 1 saturated heterocycles. The average Bonchev–Trinajstić information content (AvgIpc) is 3.17. The fourth-order valence-electron chi connectivity index (χ4n) is 3.42. The highest BCUT2D eigenvalue weighted by Crippen LogP contribution is 2.32. The Morgan fingerprint density at radius 3 is 2.68 bits per heavy atom. The third kappa shape index (κ3) is 4.35. The van der Waals surface area contributed by atoms with Gasteiger partial charge in [0.05, 0.1) is 5.69 Å². The Hall–Kier alpha value is -1.56. The second-order valence-electron chi connectivity index (χ2n) is 6.33. The Labute approximate surface area is 158 Å². The van der Waals surface area contributed by atoms with Crippen LogP contribution in [0.5, 0.6) is 0 Å². The van der Waals surface area contributed by atoms with Crippen molar-refractivity contribution in [2.24, 2.45) is 11.7 Å². The number of nitrogens with zero attached hydrogens (tertiary/aromatic N) is 2. The van der Waals surface area contributed by atoms with E-state index in [1.54, 1.807) is 0 Å². The third-order valence-corrected chi connectivity index (χ3v) is 5.15. The van der Waals surface area contributed by atoms with Gasteiger partial charge < -0.3 is 15.2 Å². The molecule has 0 saturated carbocycles. The maximum atomic E-state index is 12.6. The van der Waals surface area contributed by atoms with E-state index in [0.717, 1.165) is 17.8 Å². The number of aromatic nitrogens is 1. The van der Waals surface area contributed by atoms with Crippen LogP contribution in [0, 0.1) is 12.8 Å². The molecule has 1 aliphatic rings. The molecule has 136 valence electrons. The molecule has 5 nitrogen and oxygen atoms in total. The van der Waals surface area contributed by atoms with Crippen molar-refractivity contribution < 1.29 is 9.32 Å². The van der Waals surface area contributed by atoms with Crippen LogP contribution in [0.15, 0.2) is 34.9 Å². The molecule has 0 aliphatic carbocycles. The first-order valence-electron chi connectivity index (χ1n) is 8.23. The summed E-state index contributed by atoms with van der Waals surface area (Å²) in [5.74, 6) is 0.738. The summed E-state index contributed by atoms with van der Waals surface area (Å²) in [6, 6.07) is 10.3. The van der Waals surface area contributed by atoms with E-state index >= 15 is 0 Å². The van der Waals surface area contributed by atoms with Gasteiger partial charge in [-0.15, -0.1) is 12.4 Å². The molecule has 1 aromatic carbocycles. The van der Waals surface area contributed by atoms with Crippen molar-refractivity contribution >= 4 is 29.9 Å². The predicted molar refractivity (Wildman–Crippen MR) is 100 cm³/mol. The Balaban J connectivity index is 0.00000225. The zero-order valence-corrected chi connectivity index (χ0v) is 15.7. The van der Waals surface area contributed by atoms with Crippen molar-refractivity contribution in [3.63, 3.8) is 0 Å². The summed E-state index contributed by atoms with van der Waals surface area (Å²) < 4.78 is 4.94. The number of hydrogen-bond acceptors (Lipinski definition) is 4. The van der Waals surface area contributed by atoms with Crippen molar-refractivity contribution in [2.75, 3.05) is 19.6 Å². The van der Waals surface area contributed by atoms with Gasteiger partial charge in [-0.2, -0.15) is 0 Å². The highest BCUT2D eigenvalue weighted by Gasteiger charge is 2.35. The molecule has 2 atom stereocenters. The fourth-order valence-corrected chi connectivity index (χ4v) is 3.69. The van der Waals surface area contributed by atoms with Crippen LogP contribution in [-0.2, 0) is 11.2 Å². The van der Waals surface area contributed by atoms with Gasteiger partial charge in [-0.05, 0) is 43.0 Å². The smallest absolute Gasteiger partial charge is 0.229 e. The molecule has 3 rings (SSSR count). The number of rotatable bonds is 5. The van der Waals surface area contributed by atoms with E-state index in [-0.39, 0.29) is 23.5 Å². The summed E-state index contributed by atoms with van der Waals surface area (Å²) in [7, 11) is 0. The fraction of sp³-hybridized carbons (Fsp3) is 0.444. The highest BCUT2D eigenvalue weighted by molar-refractivity contribution is 6.29. The van der Waals surface area contributed by atoms with Gasteiger partial charge in [0, 0.05) is 31.0 Å². The van der Waals surface area contributed by atoms with Crippen LogP contribution < -0.4 is 5.73 Å². The number of carbonyl (C=O) groups is 1. The number of aryl methyl sites for hydroxylation is 1. The van der Waals surface area contributed by atoms with Crippen molar-refractivity contribution in [1.82, 2.24) is 10.1 Å². The van der Waals surface area contributed by atoms with E-state index in [1.165, 1.54) is 5.56 Å². The first-order chi connectivity index (χ1) is 11.6. The molecule has 0 spiro atoms. The number of hydrogen-bond donors (Lipinski definition) is 1. The van der Waals surface area contributed by atoms with E-state index in [2.05, 4.69) is 17.3 Å². The highest BCUT2D eigenvalue weighted by atomic mass is 35.5. The Morgan fingerprint density at radius 2 is 2.08 bits per heavy atom. The van der Waals surface area contributed by atoms with E-state index < -0.39 is 0 Å². The monoisotopic (exact) mass is 383 g/mol. The molecule has 0 unspecified atom stereocenters. The summed E-state index contributed by atoms with van der Waals surface area (Å²) in [6.45, 7) is 3.85. The van der Waals surface area contributed by atoms with Crippen molar-refractivity contribution in [1.29, 1.82) is 0 Å². The lowest BCUT2D eigenvalue weighted by molar-refractivity contribution is -0.130. The molecule has 7 heteroatoms. The van der Waals surface area contributed by atoms with Gasteiger partial charge in [-0.25, -0.2) is 0 Å². The Kier molecular flexibility index (Phi) is 6.87. The number of likely N-dealkylation sites (tertiary alicyclic amines) is 1. The molecule has 2 heterocycles. The Bertz CT molecular complexity index is 686. The van der Waals surface area contributed by atoms with Crippen LogP contribution in [0.3, 0.4) is 0 Å². The van der Waals surface area contributed by atoms with Crippen LogP contribution in [-0.4, -0.2) is 35.6 Å². The van der Waals surface area contributed by atoms with Crippen molar-refractivity contribution in [2.45, 2.75) is 25.7 Å². The summed E-state index contributed by atoms with van der Waals surface area (Å²) in [6.07, 6.45) is 0.952. The molecule has 0 bridgehead atoms. The second kappa shape index (κ2) is 8.70. The van der Waals surface area contributed by atoms with E-state index in [1.807, 2.05) is 30.0 Å². The zero-order valence-electron chi connectivity index (χ0n) is 14.2. The SMILES string of the molecule is Cc1noc(Cl)c1CCC(=O)N1C[C@@H](CN)[C@H](c2ccccc2)C1.Cl. The van der Waals surface area contributed by atoms with Crippen LogP contribution in [0.4, 0.5) is 0 Å². The van der Waals surface area contributed by atoms with Gasteiger partial charge in [-0.3, -0.25) is 4.79 Å². The minimum absolute atomic E-state index is 0. The number of amides is 1. The molecule has 1 aliphatic heterocycles. The number of carbonyl (C=O) groups excluding carboxylic acids is 1. The van der Waals surface area contributed by atoms with E-state index in [0.29, 0.717) is 37.8 Å². The molecule has 2 N–H and O–H groups in total. The topological polar surface area (TPSA) is 72.4 Å². The van der Waals surface area contributed by atoms with Crippen molar-refractivity contribution in [3.05, 3.63) is 52.4 Å². The zero-order chi connectivity index (χ0) is 17.1. The number of nitrogens with two attached hydrogens (primary N) is 1. The predicted octanol–water partition coefficient (Wildman–Crippen LogP) is 3.19. The normalized spacial score (nSPS) is 19.7. The number of halogens is 2. The summed E-state index contributed by atoms with van der Waals surface area (Å²) >= 11 is 5.97. The Morgan fingerprint density at radius 1 is 1.36 bits per heavy atom. The van der Waals surface area contributed by atoms with Crippen LogP contribution in [0.25, 0.3) is 0 Å². The summed E-state index contributed by atoms with van der Waals surface area (Å²) in [4.78, 5) is 14.5. The lowest BCUT2D eigenvalue weighted by Crippen LogP contribution is -2.30. The maximum Gasteiger partial charge on any atom is 0.229 e. The lowest BCUT2D eigenvalue weighted by atomic mass is 9.89. The molecular weight excluding hydrogens is 361 g/mol. The molecule has 1 aromatic heterocycles. The van der Waals surface area contributed by atoms with Crippen molar-refractivity contribution in [3.8, 4) is 0 Å². The maximum absolute atomic E-state index is 12.6. The van der Waals surface area contributed by atoms with Gasteiger partial charge in [0.25, 0.3) is 0 Å². The minimum Gasteiger partial charge on any atom is -0.344 e. The van der Waals surface area contributed by atoms with Gasteiger partial charge in [0.2, 0.25) is 11.1 Å². The first-order valence-corrected chi connectivity index (χ1v) is 8.61. The number of benzene rings is 1.